The van der Waals surface area contributed by atoms with Crippen molar-refractivity contribution < 1.29 is 14.5 Å². The van der Waals surface area contributed by atoms with E-state index in [4.69, 9.17) is 4.74 Å². The second kappa shape index (κ2) is 5.83. The quantitative estimate of drug-likeness (QED) is 0.475. The van der Waals surface area contributed by atoms with Crippen LogP contribution in [0.2, 0.25) is 0 Å². The van der Waals surface area contributed by atoms with Crippen molar-refractivity contribution in [2.75, 3.05) is 0 Å². The molecule has 0 N–H and O–H groups in total. The standard InChI is InChI=1S/C14H10BrNO4/c1-9-2-5-13(12(6-9)16(18)19)20-14-7-11(15)4-3-10(14)8-17/h2-8H,1H3. The molecule has 2 aromatic rings. The normalized spacial score (nSPS) is 10.1. The van der Waals surface area contributed by atoms with Crippen molar-refractivity contribution >= 4 is 27.9 Å². The van der Waals surface area contributed by atoms with Crippen LogP contribution in [0.4, 0.5) is 5.69 Å². The topological polar surface area (TPSA) is 69.4 Å². The SMILES string of the molecule is Cc1ccc(Oc2cc(Br)ccc2C=O)c([N+](=O)[O-])c1. The first kappa shape index (κ1) is 14.2. The molecule has 0 fully saturated rings. The number of benzene rings is 2. The molecular formula is C14H10BrNO4. The maximum Gasteiger partial charge on any atom is 0.311 e. The zero-order valence-electron chi connectivity index (χ0n) is 10.5. The van der Waals surface area contributed by atoms with E-state index >= 15 is 0 Å². The number of halogens is 1. The maximum atomic E-state index is 11.0. The lowest BCUT2D eigenvalue weighted by atomic mass is 10.2. The van der Waals surface area contributed by atoms with Gasteiger partial charge in [-0.3, -0.25) is 14.9 Å². The molecule has 0 aromatic heterocycles. The lowest BCUT2D eigenvalue weighted by Crippen LogP contribution is -1.96. The molecule has 0 bridgehead atoms. The van der Waals surface area contributed by atoms with E-state index in [1.165, 1.54) is 12.1 Å². The van der Waals surface area contributed by atoms with E-state index in [-0.39, 0.29) is 17.2 Å². The summed E-state index contributed by atoms with van der Waals surface area (Å²) < 4.78 is 6.24. The van der Waals surface area contributed by atoms with Gasteiger partial charge >= 0.3 is 5.69 Å². The zero-order valence-corrected chi connectivity index (χ0v) is 12.1. The van der Waals surface area contributed by atoms with Crippen LogP contribution in [-0.4, -0.2) is 11.2 Å². The lowest BCUT2D eigenvalue weighted by Gasteiger charge is -2.09. The number of nitrogens with zero attached hydrogens (tertiary/aromatic N) is 1. The van der Waals surface area contributed by atoms with E-state index in [2.05, 4.69) is 15.9 Å². The largest absolute Gasteiger partial charge is 0.449 e. The molecule has 0 unspecified atom stereocenters. The van der Waals surface area contributed by atoms with Crippen molar-refractivity contribution in [3.63, 3.8) is 0 Å². The second-order valence-corrected chi connectivity index (χ2v) is 5.05. The van der Waals surface area contributed by atoms with E-state index in [1.54, 1.807) is 31.2 Å². The molecule has 0 radical (unpaired) electrons. The monoisotopic (exact) mass is 335 g/mol. The molecule has 2 rings (SSSR count). The van der Waals surface area contributed by atoms with Crippen LogP contribution in [0.15, 0.2) is 40.9 Å². The molecule has 0 amide bonds. The van der Waals surface area contributed by atoms with Gasteiger partial charge < -0.3 is 4.74 Å². The maximum absolute atomic E-state index is 11.0. The molecule has 0 aliphatic heterocycles. The first-order valence-corrected chi connectivity index (χ1v) is 6.48. The van der Waals surface area contributed by atoms with Crippen molar-refractivity contribution in [2.24, 2.45) is 0 Å². The van der Waals surface area contributed by atoms with Crippen LogP contribution in [0.3, 0.4) is 0 Å². The summed E-state index contributed by atoms with van der Waals surface area (Å²) in [4.78, 5) is 21.5. The van der Waals surface area contributed by atoms with Gasteiger partial charge in [0.05, 0.1) is 10.5 Å². The van der Waals surface area contributed by atoms with Crippen LogP contribution in [0.1, 0.15) is 15.9 Å². The number of carbonyl (C=O) groups excluding carboxylic acids is 1. The Morgan fingerprint density at radius 3 is 2.60 bits per heavy atom. The average molecular weight is 336 g/mol. The number of hydrogen-bond donors (Lipinski definition) is 0. The van der Waals surface area contributed by atoms with Gasteiger partial charge in [0.15, 0.2) is 6.29 Å². The molecule has 20 heavy (non-hydrogen) atoms. The fraction of sp³-hybridized carbons (Fsp3) is 0.0714. The molecule has 0 aliphatic rings. The van der Waals surface area contributed by atoms with E-state index in [9.17, 15) is 14.9 Å². The average Bonchev–Trinajstić information content (AvgIpc) is 2.41. The van der Waals surface area contributed by atoms with Gasteiger partial charge in [0.2, 0.25) is 5.75 Å². The molecule has 0 saturated heterocycles. The van der Waals surface area contributed by atoms with Gasteiger partial charge in [-0.25, -0.2) is 0 Å². The van der Waals surface area contributed by atoms with Gasteiger partial charge in [0.25, 0.3) is 0 Å². The Bertz CT molecular complexity index is 685. The van der Waals surface area contributed by atoms with Gasteiger partial charge in [-0.1, -0.05) is 22.0 Å². The molecule has 0 heterocycles. The fourth-order valence-electron chi connectivity index (χ4n) is 1.67. The van der Waals surface area contributed by atoms with E-state index in [0.717, 1.165) is 5.56 Å². The number of hydrogen-bond acceptors (Lipinski definition) is 4. The summed E-state index contributed by atoms with van der Waals surface area (Å²) in [5, 5.41) is 11.0. The first-order valence-electron chi connectivity index (χ1n) is 5.69. The summed E-state index contributed by atoms with van der Waals surface area (Å²) in [6.45, 7) is 1.76. The van der Waals surface area contributed by atoms with Crippen LogP contribution in [0, 0.1) is 17.0 Å². The minimum atomic E-state index is -0.513. The van der Waals surface area contributed by atoms with Gasteiger partial charge in [0.1, 0.15) is 5.75 Å². The molecule has 0 spiro atoms. The van der Waals surface area contributed by atoms with Crippen LogP contribution >= 0.6 is 15.9 Å². The van der Waals surface area contributed by atoms with Gasteiger partial charge in [0, 0.05) is 10.5 Å². The molecule has 102 valence electrons. The summed E-state index contributed by atoms with van der Waals surface area (Å²) in [7, 11) is 0. The van der Waals surface area contributed by atoms with Crippen LogP contribution in [-0.2, 0) is 0 Å². The third kappa shape index (κ3) is 3.03. The lowest BCUT2D eigenvalue weighted by molar-refractivity contribution is -0.385. The minimum Gasteiger partial charge on any atom is -0.449 e. The third-order valence-corrected chi connectivity index (χ3v) is 3.13. The second-order valence-electron chi connectivity index (χ2n) is 4.13. The zero-order chi connectivity index (χ0) is 14.7. The van der Waals surface area contributed by atoms with Crippen molar-refractivity contribution in [3.8, 4) is 11.5 Å². The van der Waals surface area contributed by atoms with Crippen molar-refractivity contribution in [3.05, 3.63) is 62.1 Å². The fourth-order valence-corrected chi connectivity index (χ4v) is 2.01. The summed E-state index contributed by atoms with van der Waals surface area (Å²) in [5.74, 6) is 0.364. The number of rotatable bonds is 4. The highest BCUT2D eigenvalue weighted by Gasteiger charge is 2.17. The highest BCUT2D eigenvalue weighted by Crippen LogP contribution is 2.34. The number of nitro benzene ring substituents is 1. The Kier molecular flexibility index (Phi) is 4.14. The van der Waals surface area contributed by atoms with Gasteiger partial charge in [-0.2, -0.15) is 0 Å². The van der Waals surface area contributed by atoms with Crippen molar-refractivity contribution in [1.29, 1.82) is 0 Å². The summed E-state index contributed by atoms with van der Waals surface area (Å²) >= 11 is 3.27. The Morgan fingerprint density at radius 2 is 1.95 bits per heavy atom. The molecule has 2 aromatic carbocycles. The number of carbonyl (C=O) groups is 1. The molecule has 0 saturated carbocycles. The molecule has 0 aliphatic carbocycles. The van der Waals surface area contributed by atoms with E-state index in [0.29, 0.717) is 16.3 Å². The number of ether oxygens (including phenoxy) is 1. The predicted octanol–water partition coefficient (Wildman–Crippen LogP) is 4.27. The van der Waals surface area contributed by atoms with Crippen LogP contribution in [0.5, 0.6) is 11.5 Å². The van der Waals surface area contributed by atoms with Gasteiger partial charge in [-0.15, -0.1) is 0 Å². The van der Waals surface area contributed by atoms with E-state index in [1.807, 2.05) is 0 Å². The minimum absolute atomic E-state index is 0.0989. The van der Waals surface area contributed by atoms with Crippen LogP contribution in [0.25, 0.3) is 0 Å². The summed E-state index contributed by atoms with van der Waals surface area (Å²) in [6, 6.07) is 9.51. The number of aldehydes is 1. The Hall–Kier alpha value is -2.21. The third-order valence-electron chi connectivity index (χ3n) is 2.63. The molecule has 0 atom stereocenters. The van der Waals surface area contributed by atoms with Crippen molar-refractivity contribution in [1.82, 2.24) is 0 Å². The highest BCUT2D eigenvalue weighted by molar-refractivity contribution is 9.10. The Balaban J connectivity index is 2.47. The van der Waals surface area contributed by atoms with Crippen molar-refractivity contribution in [2.45, 2.75) is 6.92 Å². The molecule has 6 heteroatoms. The smallest absolute Gasteiger partial charge is 0.311 e. The Labute approximate surface area is 123 Å². The highest BCUT2D eigenvalue weighted by atomic mass is 79.9. The molecular weight excluding hydrogens is 326 g/mol. The summed E-state index contributed by atoms with van der Waals surface area (Å²) in [5.41, 5.74) is 0.943. The molecule has 5 nitrogen and oxygen atoms in total. The number of nitro groups is 1. The predicted molar refractivity (Wildman–Crippen MR) is 77.4 cm³/mol. The Morgan fingerprint density at radius 1 is 1.20 bits per heavy atom. The van der Waals surface area contributed by atoms with Gasteiger partial charge in [-0.05, 0) is 36.8 Å². The number of aryl methyl sites for hydroxylation is 1. The first-order chi connectivity index (χ1) is 9.51. The van der Waals surface area contributed by atoms with E-state index < -0.39 is 4.92 Å². The summed E-state index contributed by atoms with van der Waals surface area (Å²) in [6.07, 6.45) is 0.641. The van der Waals surface area contributed by atoms with Crippen LogP contribution < -0.4 is 4.74 Å².